The molecule has 2 aromatic rings. The van der Waals surface area contributed by atoms with Gasteiger partial charge in [0, 0.05) is 15.5 Å². The second-order valence-corrected chi connectivity index (χ2v) is 5.72. The number of para-hydroxylation sites is 1. The molecule has 0 saturated heterocycles. The van der Waals surface area contributed by atoms with Crippen molar-refractivity contribution in [1.29, 1.82) is 0 Å². The molecule has 0 aliphatic rings. The van der Waals surface area contributed by atoms with Crippen LogP contribution < -0.4 is 10.6 Å². The largest absolute Gasteiger partial charge is 0.384 e. The number of nitrogens with zero attached hydrogens (tertiary/aromatic N) is 1. The van der Waals surface area contributed by atoms with E-state index in [2.05, 4.69) is 47.5 Å². The summed E-state index contributed by atoms with van der Waals surface area (Å²) in [7, 11) is 0. The quantitative estimate of drug-likeness (QED) is 0.807. The van der Waals surface area contributed by atoms with Gasteiger partial charge in [0.05, 0.1) is 17.6 Å². The average Bonchev–Trinajstić information content (AvgIpc) is 2.44. The second kappa shape index (κ2) is 6.85. The van der Waals surface area contributed by atoms with Gasteiger partial charge in [-0.1, -0.05) is 6.07 Å². The van der Waals surface area contributed by atoms with Gasteiger partial charge in [-0.3, -0.25) is 4.79 Å². The Bertz CT molecular complexity index is 594. The standard InChI is InChI=1S/C14H13Br2N3O/c1-2-17-9-6-7-12(18-8-9)14(20)19-13-10(15)4-3-5-11(13)16/h3-8,17H,2H2,1H3,(H,19,20). The zero-order chi connectivity index (χ0) is 14.5. The van der Waals surface area contributed by atoms with Crippen LogP contribution in [0, 0.1) is 0 Å². The van der Waals surface area contributed by atoms with E-state index in [1.54, 1.807) is 12.3 Å². The molecule has 0 radical (unpaired) electrons. The molecule has 1 heterocycles. The van der Waals surface area contributed by atoms with Crippen LogP contribution in [-0.4, -0.2) is 17.4 Å². The van der Waals surface area contributed by atoms with Crippen LogP contribution in [-0.2, 0) is 0 Å². The molecule has 1 aromatic heterocycles. The van der Waals surface area contributed by atoms with Gasteiger partial charge >= 0.3 is 0 Å². The van der Waals surface area contributed by atoms with Crippen LogP contribution in [0.5, 0.6) is 0 Å². The van der Waals surface area contributed by atoms with Crippen LogP contribution in [0.2, 0.25) is 0 Å². The minimum absolute atomic E-state index is 0.249. The summed E-state index contributed by atoms with van der Waals surface area (Å²) < 4.78 is 1.62. The fourth-order valence-electron chi connectivity index (χ4n) is 1.63. The lowest BCUT2D eigenvalue weighted by atomic mass is 10.3. The highest BCUT2D eigenvalue weighted by Crippen LogP contribution is 2.30. The van der Waals surface area contributed by atoms with Crippen molar-refractivity contribution in [3.05, 3.63) is 51.2 Å². The Labute approximate surface area is 134 Å². The van der Waals surface area contributed by atoms with E-state index in [4.69, 9.17) is 0 Å². The first-order chi connectivity index (χ1) is 9.61. The Hall–Kier alpha value is -1.40. The van der Waals surface area contributed by atoms with Gasteiger partial charge in [-0.05, 0) is 63.0 Å². The molecule has 2 rings (SSSR count). The summed E-state index contributed by atoms with van der Waals surface area (Å²) in [6.07, 6.45) is 1.65. The first-order valence-corrected chi connectivity index (χ1v) is 7.65. The summed E-state index contributed by atoms with van der Waals surface area (Å²) in [5.74, 6) is -0.249. The van der Waals surface area contributed by atoms with E-state index in [0.29, 0.717) is 11.4 Å². The third-order valence-corrected chi connectivity index (χ3v) is 3.90. The molecule has 1 aromatic carbocycles. The zero-order valence-corrected chi connectivity index (χ0v) is 14.0. The third-order valence-electron chi connectivity index (χ3n) is 2.58. The second-order valence-electron chi connectivity index (χ2n) is 4.01. The smallest absolute Gasteiger partial charge is 0.274 e. The van der Waals surface area contributed by atoms with Crippen molar-refractivity contribution in [2.45, 2.75) is 6.92 Å². The predicted octanol–water partition coefficient (Wildman–Crippen LogP) is 4.29. The number of pyridine rings is 1. The number of carbonyl (C=O) groups is 1. The van der Waals surface area contributed by atoms with Crippen LogP contribution in [0.4, 0.5) is 11.4 Å². The number of rotatable bonds is 4. The van der Waals surface area contributed by atoms with Crippen molar-refractivity contribution in [2.24, 2.45) is 0 Å². The highest BCUT2D eigenvalue weighted by Gasteiger charge is 2.11. The van der Waals surface area contributed by atoms with Gasteiger partial charge in [-0.25, -0.2) is 4.98 Å². The molecule has 0 spiro atoms. The minimum Gasteiger partial charge on any atom is -0.384 e. The van der Waals surface area contributed by atoms with Crippen LogP contribution in [0.25, 0.3) is 0 Å². The fraction of sp³-hybridized carbons (Fsp3) is 0.143. The Morgan fingerprint density at radius 2 is 1.90 bits per heavy atom. The summed E-state index contributed by atoms with van der Waals surface area (Å²) in [6, 6.07) is 9.13. The maximum atomic E-state index is 12.2. The molecule has 1 amide bonds. The molecule has 0 unspecified atom stereocenters. The average molecular weight is 399 g/mol. The van der Waals surface area contributed by atoms with Crippen molar-refractivity contribution in [1.82, 2.24) is 4.98 Å². The topological polar surface area (TPSA) is 54.0 Å². The number of nitrogens with one attached hydrogen (secondary N) is 2. The number of hydrogen-bond acceptors (Lipinski definition) is 3. The van der Waals surface area contributed by atoms with Gasteiger partial charge in [-0.15, -0.1) is 0 Å². The van der Waals surface area contributed by atoms with Crippen molar-refractivity contribution in [3.8, 4) is 0 Å². The number of carbonyl (C=O) groups excluding carboxylic acids is 1. The van der Waals surface area contributed by atoms with E-state index < -0.39 is 0 Å². The lowest BCUT2D eigenvalue weighted by Crippen LogP contribution is -2.14. The predicted molar refractivity (Wildman–Crippen MR) is 88.2 cm³/mol. The van der Waals surface area contributed by atoms with Gasteiger partial charge in [0.2, 0.25) is 0 Å². The molecule has 0 aliphatic carbocycles. The number of aromatic nitrogens is 1. The Kier molecular flexibility index (Phi) is 5.14. The monoisotopic (exact) mass is 397 g/mol. The SMILES string of the molecule is CCNc1ccc(C(=O)Nc2c(Br)cccc2Br)nc1. The van der Waals surface area contributed by atoms with Crippen LogP contribution in [0.15, 0.2) is 45.5 Å². The molecule has 4 nitrogen and oxygen atoms in total. The summed E-state index contributed by atoms with van der Waals surface area (Å²) in [4.78, 5) is 16.3. The maximum absolute atomic E-state index is 12.2. The molecule has 6 heteroatoms. The normalized spacial score (nSPS) is 10.2. The Morgan fingerprint density at radius 1 is 1.20 bits per heavy atom. The number of hydrogen-bond donors (Lipinski definition) is 2. The highest BCUT2D eigenvalue weighted by atomic mass is 79.9. The summed E-state index contributed by atoms with van der Waals surface area (Å²) in [5, 5.41) is 5.96. The van der Waals surface area contributed by atoms with Crippen molar-refractivity contribution in [2.75, 3.05) is 17.2 Å². The van der Waals surface area contributed by atoms with Gasteiger partial charge in [0.1, 0.15) is 5.69 Å². The Morgan fingerprint density at radius 3 is 2.45 bits per heavy atom. The molecule has 104 valence electrons. The van der Waals surface area contributed by atoms with Crippen molar-refractivity contribution < 1.29 is 4.79 Å². The van der Waals surface area contributed by atoms with E-state index in [9.17, 15) is 4.79 Å². The first-order valence-electron chi connectivity index (χ1n) is 6.07. The van der Waals surface area contributed by atoms with E-state index in [1.807, 2.05) is 31.2 Å². The van der Waals surface area contributed by atoms with Crippen LogP contribution in [0.3, 0.4) is 0 Å². The van der Waals surface area contributed by atoms with E-state index in [-0.39, 0.29) is 5.91 Å². The first kappa shape index (κ1) is 15.0. The van der Waals surface area contributed by atoms with Gasteiger partial charge < -0.3 is 10.6 Å². The zero-order valence-electron chi connectivity index (χ0n) is 10.8. The fourth-order valence-corrected chi connectivity index (χ4v) is 2.83. The van der Waals surface area contributed by atoms with Crippen LogP contribution in [0.1, 0.15) is 17.4 Å². The molecule has 0 bridgehead atoms. The lowest BCUT2D eigenvalue weighted by Gasteiger charge is -2.09. The van der Waals surface area contributed by atoms with E-state index in [1.165, 1.54) is 0 Å². The molecule has 0 atom stereocenters. The van der Waals surface area contributed by atoms with Gasteiger partial charge in [-0.2, -0.15) is 0 Å². The molecule has 0 fully saturated rings. The van der Waals surface area contributed by atoms with Gasteiger partial charge in [0.25, 0.3) is 5.91 Å². The number of anilines is 2. The molecular formula is C14H13Br2N3O. The minimum atomic E-state index is -0.249. The highest BCUT2D eigenvalue weighted by molar-refractivity contribution is 9.11. The summed E-state index contributed by atoms with van der Waals surface area (Å²) in [5.41, 5.74) is 1.95. The lowest BCUT2D eigenvalue weighted by molar-refractivity contribution is 0.102. The van der Waals surface area contributed by atoms with Crippen molar-refractivity contribution >= 4 is 49.1 Å². The molecule has 0 saturated carbocycles. The van der Waals surface area contributed by atoms with Gasteiger partial charge in [0.15, 0.2) is 0 Å². The van der Waals surface area contributed by atoms with Crippen LogP contribution >= 0.6 is 31.9 Å². The molecule has 2 N–H and O–H groups in total. The van der Waals surface area contributed by atoms with E-state index in [0.717, 1.165) is 21.2 Å². The van der Waals surface area contributed by atoms with Crippen molar-refractivity contribution in [3.63, 3.8) is 0 Å². The number of amides is 1. The summed E-state index contributed by atoms with van der Waals surface area (Å²) >= 11 is 6.81. The summed E-state index contributed by atoms with van der Waals surface area (Å²) in [6.45, 7) is 2.82. The number of halogens is 2. The Balaban J connectivity index is 2.16. The molecular weight excluding hydrogens is 386 g/mol. The molecule has 0 aliphatic heterocycles. The number of benzene rings is 1. The molecule has 20 heavy (non-hydrogen) atoms. The maximum Gasteiger partial charge on any atom is 0.274 e. The third kappa shape index (κ3) is 3.58. The van der Waals surface area contributed by atoms with E-state index >= 15 is 0 Å².